The molecule has 0 atom stereocenters. The van der Waals surface area contributed by atoms with Gasteiger partial charge in [0.25, 0.3) is 11.5 Å². The Kier molecular flexibility index (Phi) is 2.37. The molecule has 17 heavy (non-hydrogen) atoms. The number of aromatic nitrogens is 3. The summed E-state index contributed by atoms with van der Waals surface area (Å²) in [7, 11) is 0. The predicted molar refractivity (Wildman–Crippen MR) is 57.5 cm³/mol. The molecule has 0 spiro atoms. The van der Waals surface area contributed by atoms with Crippen molar-refractivity contribution in [2.75, 3.05) is 0 Å². The number of carbonyl (C=O) groups is 1. The van der Waals surface area contributed by atoms with E-state index in [9.17, 15) is 19.2 Å². The van der Waals surface area contributed by atoms with Gasteiger partial charge < -0.3 is 4.98 Å². The van der Waals surface area contributed by atoms with Crippen molar-refractivity contribution in [1.82, 2.24) is 20.4 Å². The summed E-state index contributed by atoms with van der Waals surface area (Å²) in [5.74, 6) is 4.12. The summed E-state index contributed by atoms with van der Waals surface area (Å²) in [6, 6.07) is 0.915. The van der Waals surface area contributed by atoms with Gasteiger partial charge in [-0.3, -0.25) is 29.8 Å². The molecule has 0 bridgehead atoms. The zero-order valence-corrected chi connectivity index (χ0v) is 8.29. The predicted octanol–water partition coefficient (Wildman–Crippen LogP) is -2.49. The lowest BCUT2D eigenvalue weighted by atomic mass is 10.2. The van der Waals surface area contributed by atoms with Crippen LogP contribution in [0.1, 0.15) is 10.4 Å². The summed E-state index contributed by atoms with van der Waals surface area (Å²) in [6.45, 7) is 0. The summed E-state index contributed by atoms with van der Waals surface area (Å²) in [5.41, 5.74) is -0.770. The Morgan fingerprint density at radius 3 is 2.53 bits per heavy atom. The van der Waals surface area contributed by atoms with Gasteiger partial charge in [-0.05, 0) is 0 Å². The van der Waals surface area contributed by atoms with Gasteiger partial charge in [-0.15, -0.1) is 0 Å². The minimum Gasteiger partial charge on any atom is -0.308 e. The quantitative estimate of drug-likeness (QED) is 0.211. The summed E-state index contributed by atoms with van der Waals surface area (Å²) >= 11 is 0. The third kappa shape index (κ3) is 1.74. The molecule has 0 fully saturated rings. The number of nitrogen functional groups attached to an aromatic ring is 1. The lowest BCUT2D eigenvalue weighted by Gasteiger charge is -2.02. The third-order valence-corrected chi connectivity index (χ3v) is 2.11. The lowest BCUT2D eigenvalue weighted by Crippen LogP contribution is -2.33. The average Bonchev–Trinajstić information content (AvgIpc) is 2.25. The molecule has 0 saturated carbocycles. The molecule has 9 nitrogen and oxygen atoms in total. The topological polar surface area (TPSA) is 154 Å². The highest BCUT2D eigenvalue weighted by molar-refractivity contribution is 6.04. The van der Waals surface area contributed by atoms with Gasteiger partial charge in [0, 0.05) is 6.07 Å². The highest BCUT2D eigenvalue weighted by Gasteiger charge is 2.14. The molecule has 2 heterocycles. The van der Waals surface area contributed by atoms with Crippen molar-refractivity contribution in [2.45, 2.75) is 0 Å². The fraction of sp³-hybridized carbons (Fsp3) is 0. The molecule has 2 aromatic rings. The van der Waals surface area contributed by atoms with E-state index in [0.717, 1.165) is 6.07 Å². The van der Waals surface area contributed by atoms with Crippen LogP contribution in [0.15, 0.2) is 20.4 Å². The van der Waals surface area contributed by atoms with Crippen LogP contribution >= 0.6 is 0 Å². The number of hydrazine groups is 1. The Hall–Kier alpha value is -2.68. The highest BCUT2D eigenvalue weighted by atomic mass is 16.2. The van der Waals surface area contributed by atoms with Gasteiger partial charge in [-0.2, -0.15) is 0 Å². The van der Waals surface area contributed by atoms with Crippen LogP contribution in [0.5, 0.6) is 0 Å². The number of carbonyl (C=O) groups excluding carboxylic acids is 1. The van der Waals surface area contributed by atoms with Crippen LogP contribution in [-0.4, -0.2) is 20.9 Å². The first-order valence-corrected chi connectivity index (χ1v) is 4.43. The van der Waals surface area contributed by atoms with Crippen LogP contribution in [0.4, 0.5) is 0 Å². The van der Waals surface area contributed by atoms with Crippen LogP contribution in [0, 0.1) is 0 Å². The number of nitrogens with two attached hydrogens (primary N) is 1. The van der Waals surface area contributed by atoms with Crippen LogP contribution in [0.3, 0.4) is 0 Å². The molecule has 1 amide bonds. The summed E-state index contributed by atoms with van der Waals surface area (Å²) < 4.78 is 0. The molecule has 2 rings (SSSR count). The molecule has 0 aliphatic heterocycles. The van der Waals surface area contributed by atoms with Crippen molar-refractivity contribution >= 4 is 16.9 Å². The number of amides is 1. The second kappa shape index (κ2) is 3.72. The molecule has 0 aromatic carbocycles. The molecular formula is C8H7N5O4. The molecule has 0 unspecified atom stereocenters. The average molecular weight is 237 g/mol. The first-order chi connectivity index (χ1) is 8.02. The van der Waals surface area contributed by atoms with Gasteiger partial charge >= 0.3 is 5.69 Å². The second-order valence-electron chi connectivity index (χ2n) is 3.18. The van der Waals surface area contributed by atoms with E-state index < -0.39 is 22.7 Å². The minimum atomic E-state index is -0.807. The van der Waals surface area contributed by atoms with E-state index in [1.807, 2.05) is 4.98 Å². The largest absolute Gasteiger partial charge is 0.327 e. The Morgan fingerprint density at radius 2 is 1.88 bits per heavy atom. The number of aromatic amines is 3. The Balaban J connectivity index is 3.03. The summed E-state index contributed by atoms with van der Waals surface area (Å²) in [5, 5.41) is -0.146. The van der Waals surface area contributed by atoms with Gasteiger partial charge in [-0.25, -0.2) is 10.6 Å². The van der Waals surface area contributed by atoms with E-state index in [0.29, 0.717) is 0 Å². The van der Waals surface area contributed by atoms with E-state index in [1.165, 1.54) is 0 Å². The van der Waals surface area contributed by atoms with Gasteiger partial charge in [0.2, 0.25) is 5.56 Å². The Labute approximate surface area is 91.6 Å². The minimum absolute atomic E-state index is 0.134. The maximum Gasteiger partial charge on any atom is 0.327 e. The Morgan fingerprint density at radius 1 is 1.18 bits per heavy atom. The molecular weight excluding hydrogens is 230 g/mol. The van der Waals surface area contributed by atoms with Crippen molar-refractivity contribution in [3.63, 3.8) is 0 Å². The SMILES string of the molecule is NNC(=O)c1cc(=O)[nH]c2[nH]c(=O)[nH]c(=O)c12. The van der Waals surface area contributed by atoms with E-state index in [4.69, 9.17) is 5.84 Å². The van der Waals surface area contributed by atoms with Crippen LogP contribution in [0.2, 0.25) is 0 Å². The maximum absolute atomic E-state index is 11.5. The standard InChI is InChI=1S/C8H7N5O4/c9-13-6(15)2-1-3(14)10-5-4(2)7(16)12-8(17)11-5/h1H,9H2,(H,13,15)(H3,10,11,12,14,16,17). The monoisotopic (exact) mass is 237 g/mol. The molecule has 0 radical (unpaired) electrons. The van der Waals surface area contributed by atoms with Crippen molar-refractivity contribution in [2.24, 2.45) is 5.84 Å². The first-order valence-electron chi connectivity index (χ1n) is 4.43. The summed E-state index contributed by atoms with van der Waals surface area (Å²) in [4.78, 5) is 51.5. The van der Waals surface area contributed by atoms with Gasteiger partial charge in [0.1, 0.15) is 5.65 Å². The first kappa shape index (κ1) is 10.8. The number of fused-ring (bicyclic) bond motifs is 1. The third-order valence-electron chi connectivity index (χ3n) is 2.11. The van der Waals surface area contributed by atoms with Crippen LogP contribution < -0.4 is 28.1 Å². The van der Waals surface area contributed by atoms with Crippen molar-refractivity contribution in [3.05, 3.63) is 42.8 Å². The number of hydrogen-bond acceptors (Lipinski definition) is 5. The second-order valence-corrected chi connectivity index (χ2v) is 3.18. The number of H-pyrrole nitrogens is 3. The fourth-order valence-electron chi connectivity index (χ4n) is 1.46. The smallest absolute Gasteiger partial charge is 0.308 e. The fourth-order valence-corrected chi connectivity index (χ4v) is 1.46. The molecule has 0 aliphatic rings. The molecule has 6 N–H and O–H groups in total. The zero-order chi connectivity index (χ0) is 12.6. The Bertz CT molecular complexity index is 763. The molecule has 0 saturated heterocycles. The van der Waals surface area contributed by atoms with E-state index in [-0.39, 0.29) is 16.6 Å². The van der Waals surface area contributed by atoms with E-state index in [2.05, 4.69) is 9.97 Å². The number of rotatable bonds is 1. The van der Waals surface area contributed by atoms with Crippen molar-refractivity contribution in [3.8, 4) is 0 Å². The van der Waals surface area contributed by atoms with Crippen LogP contribution in [-0.2, 0) is 0 Å². The van der Waals surface area contributed by atoms with E-state index in [1.54, 1.807) is 5.43 Å². The molecule has 2 aromatic heterocycles. The lowest BCUT2D eigenvalue weighted by molar-refractivity contribution is 0.0955. The highest BCUT2D eigenvalue weighted by Crippen LogP contribution is 2.05. The van der Waals surface area contributed by atoms with E-state index >= 15 is 0 Å². The van der Waals surface area contributed by atoms with Crippen molar-refractivity contribution in [1.29, 1.82) is 0 Å². The van der Waals surface area contributed by atoms with Crippen LogP contribution in [0.25, 0.3) is 11.0 Å². The number of nitrogens with one attached hydrogen (secondary N) is 4. The van der Waals surface area contributed by atoms with Crippen molar-refractivity contribution < 1.29 is 4.79 Å². The molecule has 0 aliphatic carbocycles. The van der Waals surface area contributed by atoms with Gasteiger partial charge in [0.15, 0.2) is 0 Å². The zero-order valence-electron chi connectivity index (χ0n) is 8.29. The number of hydrogen-bond donors (Lipinski definition) is 5. The van der Waals surface area contributed by atoms with Gasteiger partial charge in [0.05, 0.1) is 10.9 Å². The molecule has 88 valence electrons. The maximum atomic E-state index is 11.5. The summed E-state index contributed by atoms with van der Waals surface area (Å²) in [6.07, 6.45) is 0. The normalized spacial score (nSPS) is 10.4. The molecule has 9 heteroatoms. The van der Waals surface area contributed by atoms with Gasteiger partial charge in [-0.1, -0.05) is 0 Å². The number of pyridine rings is 1.